The molecule has 4 heteroatoms. The molecular weight excluding hydrogens is 200 g/mol. The molecule has 0 aliphatic heterocycles. The summed E-state index contributed by atoms with van der Waals surface area (Å²) in [7, 11) is 2.03. The zero-order chi connectivity index (χ0) is 12.1. The molecule has 0 bridgehead atoms. The Morgan fingerprint density at radius 2 is 2.00 bits per heavy atom. The molecule has 1 atom stereocenters. The first kappa shape index (κ1) is 13.2. The van der Waals surface area contributed by atoms with E-state index in [1.807, 2.05) is 11.7 Å². The summed E-state index contributed by atoms with van der Waals surface area (Å²) in [6.45, 7) is 8.76. The molecule has 0 saturated heterocycles. The van der Waals surface area contributed by atoms with E-state index in [-0.39, 0.29) is 0 Å². The van der Waals surface area contributed by atoms with Crippen LogP contribution in [-0.2, 0) is 6.42 Å². The topological polar surface area (TPSA) is 42.7 Å². The highest BCUT2D eigenvalue weighted by atomic mass is 15.3. The number of hydrogen-bond donors (Lipinski definition) is 1. The van der Waals surface area contributed by atoms with Crippen LogP contribution in [-0.4, -0.2) is 27.9 Å². The quantitative estimate of drug-likeness (QED) is 0.804. The van der Waals surface area contributed by atoms with Gasteiger partial charge in [-0.2, -0.15) is 5.10 Å². The Hall–Kier alpha value is -0.900. The predicted molar refractivity (Wildman–Crippen MR) is 66.4 cm³/mol. The van der Waals surface area contributed by atoms with Gasteiger partial charge >= 0.3 is 0 Å². The van der Waals surface area contributed by atoms with Crippen molar-refractivity contribution in [1.29, 1.82) is 0 Å². The Labute approximate surface area is 98.5 Å². The maximum Gasteiger partial charge on any atom is 0.138 e. The van der Waals surface area contributed by atoms with Gasteiger partial charge in [0, 0.05) is 18.5 Å². The lowest BCUT2D eigenvalue weighted by molar-refractivity contribution is 0.392. The van der Waals surface area contributed by atoms with Gasteiger partial charge in [0.05, 0.1) is 0 Å². The summed E-state index contributed by atoms with van der Waals surface area (Å²) in [5, 5.41) is 7.60. The van der Waals surface area contributed by atoms with Crippen molar-refractivity contribution in [2.75, 3.05) is 7.05 Å². The fourth-order valence-electron chi connectivity index (χ4n) is 1.98. The summed E-state index contributed by atoms with van der Waals surface area (Å²) >= 11 is 0. The predicted octanol–water partition coefficient (Wildman–Crippen LogP) is 2.04. The molecule has 0 spiro atoms. The maximum absolute atomic E-state index is 4.33. The first-order valence-corrected chi connectivity index (χ1v) is 6.12. The van der Waals surface area contributed by atoms with Gasteiger partial charge in [0.25, 0.3) is 0 Å². The Kier molecular flexibility index (Phi) is 4.93. The van der Waals surface area contributed by atoms with Crippen molar-refractivity contribution in [2.24, 2.45) is 5.92 Å². The second-order valence-corrected chi connectivity index (χ2v) is 4.89. The highest BCUT2D eigenvalue weighted by molar-refractivity contribution is 4.88. The van der Waals surface area contributed by atoms with Crippen LogP contribution < -0.4 is 5.32 Å². The molecule has 1 unspecified atom stereocenters. The third-order valence-corrected chi connectivity index (χ3v) is 2.99. The molecule has 1 aromatic heterocycles. The van der Waals surface area contributed by atoms with Gasteiger partial charge < -0.3 is 5.32 Å². The van der Waals surface area contributed by atoms with Crippen molar-refractivity contribution in [3.8, 4) is 0 Å². The molecule has 0 fully saturated rings. The van der Waals surface area contributed by atoms with Crippen LogP contribution in [0.1, 0.15) is 46.0 Å². The molecule has 1 rings (SSSR count). The first-order chi connectivity index (χ1) is 7.56. The van der Waals surface area contributed by atoms with E-state index in [0.717, 1.165) is 18.7 Å². The molecular formula is C12H24N4. The van der Waals surface area contributed by atoms with E-state index in [4.69, 9.17) is 0 Å². The normalized spacial score (nSPS) is 13.7. The number of nitrogens with zero attached hydrogens (tertiary/aromatic N) is 3. The third kappa shape index (κ3) is 3.30. The number of nitrogens with one attached hydrogen (secondary N) is 1. The summed E-state index contributed by atoms with van der Waals surface area (Å²) in [5.41, 5.74) is 0. The van der Waals surface area contributed by atoms with Gasteiger partial charge in [0.2, 0.25) is 0 Å². The Bertz CT molecular complexity index is 304. The van der Waals surface area contributed by atoms with Crippen LogP contribution in [0.2, 0.25) is 0 Å². The van der Waals surface area contributed by atoms with Crippen LogP contribution in [0.4, 0.5) is 0 Å². The SMILES string of the molecule is CNC(CCc1ncnn1C(C)C)C(C)C. The molecule has 16 heavy (non-hydrogen) atoms. The van der Waals surface area contributed by atoms with E-state index in [1.54, 1.807) is 6.33 Å². The van der Waals surface area contributed by atoms with Crippen LogP contribution in [0.15, 0.2) is 6.33 Å². The second-order valence-electron chi connectivity index (χ2n) is 4.89. The zero-order valence-electron chi connectivity index (χ0n) is 11.1. The molecule has 4 nitrogen and oxygen atoms in total. The molecule has 0 radical (unpaired) electrons. The fourth-order valence-corrected chi connectivity index (χ4v) is 1.98. The molecule has 1 N–H and O–H groups in total. The summed E-state index contributed by atoms with van der Waals surface area (Å²) in [4.78, 5) is 4.33. The van der Waals surface area contributed by atoms with Crippen LogP contribution in [0, 0.1) is 5.92 Å². The van der Waals surface area contributed by atoms with Crippen LogP contribution >= 0.6 is 0 Å². The van der Waals surface area contributed by atoms with Crippen molar-refractivity contribution in [3.63, 3.8) is 0 Å². The third-order valence-electron chi connectivity index (χ3n) is 2.99. The largest absolute Gasteiger partial charge is 0.317 e. The molecule has 0 aromatic carbocycles. The highest BCUT2D eigenvalue weighted by Gasteiger charge is 2.13. The monoisotopic (exact) mass is 224 g/mol. The Balaban J connectivity index is 2.56. The molecule has 0 saturated carbocycles. The highest BCUT2D eigenvalue weighted by Crippen LogP contribution is 2.11. The van der Waals surface area contributed by atoms with Crippen molar-refractivity contribution >= 4 is 0 Å². The van der Waals surface area contributed by atoms with Crippen LogP contribution in [0.3, 0.4) is 0 Å². The summed E-state index contributed by atoms with van der Waals surface area (Å²) < 4.78 is 2.01. The summed E-state index contributed by atoms with van der Waals surface area (Å²) in [5.74, 6) is 1.75. The van der Waals surface area contributed by atoms with Gasteiger partial charge in [-0.1, -0.05) is 13.8 Å². The maximum atomic E-state index is 4.33. The van der Waals surface area contributed by atoms with E-state index in [1.165, 1.54) is 0 Å². The molecule has 92 valence electrons. The number of aromatic nitrogens is 3. The zero-order valence-corrected chi connectivity index (χ0v) is 11.1. The smallest absolute Gasteiger partial charge is 0.138 e. The van der Waals surface area contributed by atoms with Gasteiger partial charge in [-0.15, -0.1) is 0 Å². The fraction of sp³-hybridized carbons (Fsp3) is 0.833. The Morgan fingerprint density at radius 1 is 1.31 bits per heavy atom. The van der Waals surface area contributed by atoms with Gasteiger partial charge in [0.15, 0.2) is 0 Å². The lowest BCUT2D eigenvalue weighted by Gasteiger charge is -2.20. The molecule has 0 aliphatic carbocycles. The van der Waals surface area contributed by atoms with Crippen LogP contribution in [0.25, 0.3) is 0 Å². The lowest BCUT2D eigenvalue weighted by Crippen LogP contribution is -2.31. The van der Waals surface area contributed by atoms with Crippen molar-refractivity contribution < 1.29 is 0 Å². The standard InChI is InChI=1S/C12H24N4/c1-9(2)11(13-5)6-7-12-14-8-15-16(12)10(3)4/h8-11,13H,6-7H2,1-5H3. The van der Waals surface area contributed by atoms with E-state index in [9.17, 15) is 0 Å². The van der Waals surface area contributed by atoms with Crippen molar-refractivity contribution in [2.45, 2.75) is 52.6 Å². The van der Waals surface area contributed by atoms with Gasteiger partial charge in [-0.25, -0.2) is 9.67 Å². The average molecular weight is 224 g/mol. The number of hydrogen-bond acceptors (Lipinski definition) is 3. The lowest BCUT2D eigenvalue weighted by atomic mass is 9.99. The molecule has 1 heterocycles. The number of aryl methyl sites for hydroxylation is 1. The summed E-state index contributed by atoms with van der Waals surface area (Å²) in [6.07, 6.45) is 3.75. The minimum Gasteiger partial charge on any atom is -0.317 e. The summed E-state index contributed by atoms with van der Waals surface area (Å²) in [6, 6.07) is 0.946. The van der Waals surface area contributed by atoms with Crippen molar-refractivity contribution in [1.82, 2.24) is 20.1 Å². The minimum absolute atomic E-state index is 0.393. The first-order valence-electron chi connectivity index (χ1n) is 6.12. The van der Waals surface area contributed by atoms with E-state index in [2.05, 4.69) is 43.1 Å². The van der Waals surface area contributed by atoms with Crippen LogP contribution in [0.5, 0.6) is 0 Å². The second kappa shape index (κ2) is 5.99. The molecule has 0 amide bonds. The minimum atomic E-state index is 0.393. The van der Waals surface area contributed by atoms with E-state index < -0.39 is 0 Å². The average Bonchev–Trinajstić information content (AvgIpc) is 2.66. The van der Waals surface area contributed by atoms with E-state index >= 15 is 0 Å². The van der Waals surface area contributed by atoms with E-state index in [0.29, 0.717) is 18.0 Å². The van der Waals surface area contributed by atoms with Gasteiger partial charge in [-0.3, -0.25) is 0 Å². The molecule has 0 aliphatic rings. The van der Waals surface area contributed by atoms with Gasteiger partial charge in [-0.05, 0) is 33.2 Å². The van der Waals surface area contributed by atoms with Gasteiger partial charge in [0.1, 0.15) is 12.2 Å². The molecule has 1 aromatic rings. The Morgan fingerprint density at radius 3 is 2.50 bits per heavy atom. The number of rotatable bonds is 6. The van der Waals surface area contributed by atoms with Crippen molar-refractivity contribution in [3.05, 3.63) is 12.2 Å².